The van der Waals surface area contributed by atoms with E-state index in [1.165, 1.54) is 38.9 Å². The maximum Gasteiger partial charge on any atom is 0.191 e. The van der Waals surface area contributed by atoms with Crippen molar-refractivity contribution in [3.8, 4) is 0 Å². The lowest BCUT2D eigenvalue weighted by Gasteiger charge is -2.15. The Morgan fingerprint density at radius 1 is 1.25 bits per heavy atom. The summed E-state index contributed by atoms with van der Waals surface area (Å²) in [6.45, 7) is 11.9. The summed E-state index contributed by atoms with van der Waals surface area (Å²) in [7, 11) is 0. The average molecular weight is 341 g/mol. The monoisotopic (exact) mass is 340 g/mol. The van der Waals surface area contributed by atoms with Crippen molar-refractivity contribution in [2.24, 2.45) is 10.9 Å². The Bertz CT molecular complexity index is 340. The van der Waals surface area contributed by atoms with Gasteiger partial charge < -0.3 is 25.0 Å². The van der Waals surface area contributed by atoms with Crippen molar-refractivity contribution in [1.29, 1.82) is 0 Å². The zero-order chi connectivity index (χ0) is 16.9. The normalized spacial score (nSPS) is 22.2. The van der Waals surface area contributed by atoms with Gasteiger partial charge in [-0.25, -0.2) is 0 Å². The van der Waals surface area contributed by atoms with E-state index < -0.39 is 0 Å². The molecular formula is C18H36N4O2. The third kappa shape index (κ3) is 8.31. The number of hydrogen-bond donors (Lipinski definition) is 2. The van der Waals surface area contributed by atoms with E-state index in [1.807, 2.05) is 0 Å². The van der Waals surface area contributed by atoms with Crippen molar-refractivity contribution in [1.82, 2.24) is 15.5 Å². The van der Waals surface area contributed by atoms with E-state index >= 15 is 0 Å². The third-order valence-corrected chi connectivity index (χ3v) is 4.58. The van der Waals surface area contributed by atoms with Crippen molar-refractivity contribution in [2.45, 2.75) is 39.0 Å². The van der Waals surface area contributed by atoms with E-state index in [0.717, 1.165) is 64.9 Å². The minimum absolute atomic E-state index is 0.600. The summed E-state index contributed by atoms with van der Waals surface area (Å²) in [5.74, 6) is 1.53. The second-order valence-electron chi connectivity index (χ2n) is 6.75. The molecule has 6 heteroatoms. The van der Waals surface area contributed by atoms with Crippen molar-refractivity contribution in [3.05, 3.63) is 0 Å². The van der Waals surface area contributed by atoms with Crippen molar-refractivity contribution in [2.75, 3.05) is 65.7 Å². The standard InChI is InChI=1S/C18H36N4O2/c1-2-19-18(20-8-5-12-22-10-3-4-11-22)21-9-6-13-23-15-17-7-14-24-16-17/h17H,2-16H2,1H3,(H2,19,20,21). The van der Waals surface area contributed by atoms with Crippen LogP contribution in [-0.4, -0.2) is 76.6 Å². The molecular weight excluding hydrogens is 304 g/mol. The second kappa shape index (κ2) is 12.5. The quantitative estimate of drug-likeness (QED) is 0.339. The molecule has 2 fully saturated rings. The maximum atomic E-state index is 5.72. The molecule has 1 unspecified atom stereocenters. The Hall–Kier alpha value is -0.850. The second-order valence-corrected chi connectivity index (χ2v) is 6.75. The minimum atomic E-state index is 0.600. The Kier molecular flexibility index (Phi) is 10.1. The Balaban J connectivity index is 1.48. The summed E-state index contributed by atoms with van der Waals surface area (Å²) in [4.78, 5) is 7.18. The lowest BCUT2D eigenvalue weighted by Crippen LogP contribution is -2.38. The fraction of sp³-hybridized carbons (Fsp3) is 0.944. The molecule has 0 aliphatic carbocycles. The molecule has 0 aromatic heterocycles. The van der Waals surface area contributed by atoms with E-state index in [9.17, 15) is 0 Å². The summed E-state index contributed by atoms with van der Waals surface area (Å²) in [6, 6.07) is 0. The number of nitrogens with zero attached hydrogens (tertiary/aromatic N) is 2. The van der Waals surface area contributed by atoms with Crippen LogP contribution in [0.4, 0.5) is 0 Å². The van der Waals surface area contributed by atoms with Crippen molar-refractivity contribution >= 4 is 5.96 Å². The highest BCUT2D eigenvalue weighted by molar-refractivity contribution is 5.79. The van der Waals surface area contributed by atoms with Crippen LogP contribution in [0, 0.1) is 5.92 Å². The number of guanidine groups is 1. The molecule has 1 atom stereocenters. The number of aliphatic imine (C=N–C) groups is 1. The van der Waals surface area contributed by atoms with Gasteiger partial charge in [0.15, 0.2) is 5.96 Å². The first-order chi connectivity index (χ1) is 11.9. The highest BCUT2D eigenvalue weighted by atomic mass is 16.5. The van der Waals surface area contributed by atoms with E-state index in [0.29, 0.717) is 5.92 Å². The Morgan fingerprint density at radius 2 is 2.12 bits per heavy atom. The predicted octanol–water partition coefficient (Wildman–Crippen LogP) is 1.47. The van der Waals surface area contributed by atoms with E-state index in [-0.39, 0.29) is 0 Å². The number of likely N-dealkylation sites (tertiary alicyclic amines) is 1. The summed E-state index contributed by atoms with van der Waals surface area (Å²) in [6.07, 6.45) is 6.03. The van der Waals surface area contributed by atoms with Gasteiger partial charge in [0, 0.05) is 38.8 Å². The van der Waals surface area contributed by atoms with Crippen molar-refractivity contribution < 1.29 is 9.47 Å². The fourth-order valence-electron chi connectivity index (χ4n) is 3.18. The molecule has 0 radical (unpaired) electrons. The number of hydrogen-bond acceptors (Lipinski definition) is 4. The molecule has 2 N–H and O–H groups in total. The van der Waals surface area contributed by atoms with Gasteiger partial charge in [0.1, 0.15) is 0 Å². The van der Waals surface area contributed by atoms with Gasteiger partial charge in [0.05, 0.1) is 13.2 Å². The molecule has 2 heterocycles. The van der Waals surface area contributed by atoms with Gasteiger partial charge in [-0.15, -0.1) is 0 Å². The van der Waals surface area contributed by atoms with Gasteiger partial charge in [-0.2, -0.15) is 0 Å². The molecule has 0 bridgehead atoms. The SMILES string of the molecule is CCNC(=NCCCOCC1CCOC1)NCCCN1CCCC1. The molecule has 0 amide bonds. The lowest BCUT2D eigenvalue weighted by atomic mass is 10.1. The lowest BCUT2D eigenvalue weighted by molar-refractivity contribution is 0.0893. The average Bonchev–Trinajstić information content (AvgIpc) is 3.28. The zero-order valence-corrected chi connectivity index (χ0v) is 15.4. The van der Waals surface area contributed by atoms with Crippen LogP contribution in [-0.2, 0) is 9.47 Å². The van der Waals surface area contributed by atoms with Crippen molar-refractivity contribution in [3.63, 3.8) is 0 Å². The van der Waals surface area contributed by atoms with Gasteiger partial charge in [0.2, 0.25) is 0 Å². The maximum absolute atomic E-state index is 5.72. The minimum Gasteiger partial charge on any atom is -0.381 e. The highest BCUT2D eigenvalue weighted by Crippen LogP contribution is 2.12. The van der Waals surface area contributed by atoms with Gasteiger partial charge in [-0.1, -0.05) is 0 Å². The predicted molar refractivity (Wildman–Crippen MR) is 98.6 cm³/mol. The number of nitrogens with one attached hydrogen (secondary N) is 2. The molecule has 2 saturated heterocycles. The molecule has 140 valence electrons. The molecule has 24 heavy (non-hydrogen) atoms. The molecule has 0 spiro atoms. The molecule has 2 aliphatic rings. The van der Waals surface area contributed by atoms with Crippen LogP contribution >= 0.6 is 0 Å². The van der Waals surface area contributed by atoms with Crippen LogP contribution in [0.1, 0.15) is 39.0 Å². The summed E-state index contributed by atoms with van der Waals surface area (Å²) >= 11 is 0. The van der Waals surface area contributed by atoms with Crippen LogP contribution in [0.15, 0.2) is 4.99 Å². The van der Waals surface area contributed by atoms with E-state index in [4.69, 9.17) is 9.47 Å². The van der Waals surface area contributed by atoms with Crippen LogP contribution in [0.3, 0.4) is 0 Å². The largest absolute Gasteiger partial charge is 0.381 e. The fourth-order valence-corrected chi connectivity index (χ4v) is 3.18. The first-order valence-corrected chi connectivity index (χ1v) is 9.78. The van der Waals surface area contributed by atoms with Crippen LogP contribution in [0.2, 0.25) is 0 Å². The Labute approximate surface area is 147 Å². The van der Waals surface area contributed by atoms with Crippen LogP contribution < -0.4 is 10.6 Å². The first kappa shape index (κ1) is 19.5. The first-order valence-electron chi connectivity index (χ1n) is 9.78. The summed E-state index contributed by atoms with van der Waals surface area (Å²) < 4.78 is 11.1. The van der Waals surface area contributed by atoms with E-state index in [2.05, 4.69) is 27.4 Å². The van der Waals surface area contributed by atoms with Crippen LogP contribution in [0.25, 0.3) is 0 Å². The van der Waals surface area contributed by atoms with E-state index in [1.54, 1.807) is 0 Å². The molecule has 0 aromatic carbocycles. The topological polar surface area (TPSA) is 58.1 Å². The highest BCUT2D eigenvalue weighted by Gasteiger charge is 2.15. The van der Waals surface area contributed by atoms with Crippen LogP contribution in [0.5, 0.6) is 0 Å². The van der Waals surface area contributed by atoms with Gasteiger partial charge in [0.25, 0.3) is 0 Å². The number of rotatable bonds is 11. The molecule has 6 nitrogen and oxygen atoms in total. The number of ether oxygens (including phenoxy) is 2. The van der Waals surface area contributed by atoms with Gasteiger partial charge in [-0.3, -0.25) is 4.99 Å². The molecule has 2 rings (SSSR count). The zero-order valence-electron chi connectivity index (χ0n) is 15.4. The summed E-state index contributed by atoms with van der Waals surface area (Å²) in [5, 5.41) is 6.75. The Morgan fingerprint density at radius 3 is 2.88 bits per heavy atom. The smallest absolute Gasteiger partial charge is 0.191 e. The van der Waals surface area contributed by atoms with Gasteiger partial charge >= 0.3 is 0 Å². The third-order valence-electron chi connectivity index (χ3n) is 4.58. The summed E-state index contributed by atoms with van der Waals surface area (Å²) in [5.41, 5.74) is 0. The molecule has 2 aliphatic heterocycles. The van der Waals surface area contributed by atoms with Gasteiger partial charge in [-0.05, 0) is 58.7 Å². The molecule has 0 aromatic rings. The molecule has 0 saturated carbocycles.